The number of aromatic hydroxyl groups is 2. The molecule has 0 bridgehead atoms. The van der Waals surface area contributed by atoms with Gasteiger partial charge in [-0.05, 0) is 124 Å². The Morgan fingerprint density at radius 3 is 1.59 bits per heavy atom. The van der Waals surface area contributed by atoms with E-state index in [4.69, 9.17) is 25.4 Å². The second-order valence-electron chi connectivity index (χ2n) is 22.3. The zero-order valence-electron chi connectivity index (χ0n) is 47.7. The van der Waals surface area contributed by atoms with E-state index >= 15 is 0 Å². The second-order valence-corrected chi connectivity index (χ2v) is 35.9. The molecule has 9 aromatic rings. The average molecular weight is 1190 g/mol. The van der Waals surface area contributed by atoms with Crippen molar-refractivity contribution >= 4 is 75.8 Å². The summed E-state index contributed by atoms with van der Waals surface area (Å²) in [6, 6.07) is 37.0. The van der Waals surface area contributed by atoms with Crippen LogP contribution in [0.3, 0.4) is 0 Å². The molecule has 0 radical (unpaired) electrons. The van der Waals surface area contributed by atoms with E-state index in [1.165, 1.54) is 17.4 Å². The summed E-state index contributed by atoms with van der Waals surface area (Å²) in [6.07, 6.45) is 6.71. The first-order valence-electron chi connectivity index (χ1n) is 26.2. The number of nitrogens with zero attached hydrogens (tertiary/aromatic N) is 6. The maximum Gasteiger partial charge on any atom is 0.250 e. The number of phenolic OH excluding ortho intramolecular Hbond substituents is 2. The number of phenols is 2. The molecule has 3 atom stereocenters. The van der Waals surface area contributed by atoms with Crippen molar-refractivity contribution in [2.75, 3.05) is 31.2 Å². The minimum atomic E-state index is -3.30. The van der Waals surface area contributed by atoms with Crippen LogP contribution in [0.25, 0.3) is 42.7 Å². The molecule has 0 aliphatic heterocycles. The van der Waals surface area contributed by atoms with Crippen LogP contribution in [0, 0.1) is 0 Å². The first kappa shape index (κ1) is 63.6. The van der Waals surface area contributed by atoms with Gasteiger partial charge in [0, 0.05) is 72.6 Å². The Balaban J connectivity index is 0.000000181. The molecule has 22 heteroatoms. The van der Waals surface area contributed by atoms with Gasteiger partial charge in [0.1, 0.15) is 27.3 Å². The fourth-order valence-electron chi connectivity index (χ4n) is 7.23. The summed E-state index contributed by atoms with van der Waals surface area (Å²) in [4.78, 5) is 8.16. The van der Waals surface area contributed by atoms with E-state index < -0.39 is 38.7 Å². The lowest BCUT2D eigenvalue weighted by atomic mass is 10.1. The van der Waals surface area contributed by atoms with Gasteiger partial charge in [0.05, 0.1) is 18.3 Å². The number of rotatable bonds is 15. The number of nitrogens with two attached hydrogens (primary N) is 2. The molecule has 3 unspecified atom stereocenters. The number of aromatic nitrogens is 6. The number of nitrogens with one attached hydrogen (secondary N) is 1. The van der Waals surface area contributed by atoms with Gasteiger partial charge in [0.2, 0.25) is 27.6 Å². The number of aliphatic hydroxyl groups excluding tert-OH is 2. The second kappa shape index (κ2) is 27.5. The predicted molar refractivity (Wildman–Crippen MR) is 332 cm³/mol. The van der Waals surface area contributed by atoms with Gasteiger partial charge >= 0.3 is 0 Å². The lowest BCUT2D eigenvalue weighted by Crippen LogP contribution is -2.44. The number of anilines is 1. The largest absolute Gasteiger partial charge is 0.543 e. The van der Waals surface area contributed by atoms with Gasteiger partial charge in [0.15, 0.2) is 8.32 Å². The molecule has 0 aliphatic carbocycles. The minimum absolute atomic E-state index is 0.0392. The van der Waals surface area contributed by atoms with E-state index in [1.54, 1.807) is 61.1 Å². The third-order valence-electron chi connectivity index (χ3n) is 14.0. The molecule has 9 rings (SSSR count). The first-order chi connectivity index (χ1) is 38.1. The highest BCUT2D eigenvalue weighted by molar-refractivity contribution is 7.92. The molecule has 0 spiro atoms. The van der Waals surface area contributed by atoms with Crippen LogP contribution >= 0.6 is 22.7 Å². The number of benzene rings is 5. The Kier molecular flexibility index (Phi) is 21.6. The molecule has 0 fully saturated rings. The highest BCUT2D eigenvalue weighted by Gasteiger charge is 2.40. The predicted octanol–water partition coefficient (Wildman–Crippen LogP) is 12.2. The van der Waals surface area contributed by atoms with Gasteiger partial charge in [-0.3, -0.25) is 9.97 Å². The number of hydrogen-bond donors (Lipinski definition) is 7. The van der Waals surface area contributed by atoms with Crippen LogP contribution in [-0.4, -0.2) is 102 Å². The van der Waals surface area contributed by atoms with Crippen molar-refractivity contribution in [2.24, 2.45) is 11.5 Å². The Bertz CT molecular complexity index is 3610. The van der Waals surface area contributed by atoms with Gasteiger partial charge in [-0.15, -0.1) is 20.4 Å². The van der Waals surface area contributed by atoms with Crippen LogP contribution in [0.5, 0.6) is 17.2 Å². The number of pyridine rings is 2. The maximum atomic E-state index is 11.4. The molecule has 0 aliphatic rings. The van der Waals surface area contributed by atoms with E-state index in [9.17, 15) is 23.7 Å². The Morgan fingerprint density at radius 2 is 1.10 bits per heavy atom. The summed E-state index contributed by atoms with van der Waals surface area (Å²) in [5.41, 5.74) is 15.5. The summed E-state index contributed by atoms with van der Waals surface area (Å²) in [5, 5.41) is 63.7. The van der Waals surface area contributed by atoms with Crippen LogP contribution < -0.4 is 21.2 Å². The van der Waals surface area contributed by atoms with E-state index in [2.05, 4.69) is 128 Å². The quantitative estimate of drug-likeness (QED) is 0.0470. The van der Waals surface area contributed by atoms with Crippen LogP contribution in [0.4, 0.5) is 5.13 Å². The highest BCUT2D eigenvalue weighted by atomic mass is 32.2. The number of aliphatic hydroxyl groups is 2. The number of fused-ring (bicyclic) bond motifs is 2. The molecule has 0 saturated heterocycles. The van der Waals surface area contributed by atoms with E-state index in [0.29, 0.717) is 27.8 Å². The lowest BCUT2D eigenvalue weighted by molar-refractivity contribution is 0.186. The molecule has 430 valence electrons. The smallest absolute Gasteiger partial charge is 0.250 e. The molecule has 5 aromatic carbocycles. The molecular formula is C59H75N9O8S3Si2. The van der Waals surface area contributed by atoms with E-state index in [-0.39, 0.29) is 45.1 Å². The van der Waals surface area contributed by atoms with Crippen LogP contribution in [-0.2, 0) is 14.3 Å². The topological polar surface area (TPSA) is 275 Å². The SMILES string of the molecule is CC(C)(C)[Si](C)(C)Oc1cccc(C(CN)O[Si](C)(C)C(C)(C)C)c1.CS(=O)(=O)c1nnc(-c2ccc3cnccc3c2)s1.NCC(O)c1cccc(O)c1.Oc1cccc(C(O)CNc2nnc(-c3ccc4cnccc4c3)s2)c1. The van der Waals surface area contributed by atoms with Gasteiger partial charge < -0.3 is 46.1 Å². The van der Waals surface area contributed by atoms with Crippen molar-refractivity contribution in [2.45, 2.75) is 100 Å². The summed E-state index contributed by atoms with van der Waals surface area (Å²) in [6.45, 7) is 23.5. The molecule has 81 heavy (non-hydrogen) atoms. The standard InChI is InChI=1S/C20H39NO2Si2.C19H16N4O2S.C12H9N3O2S2.C8H11NO2/c1-19(2,3)24(7,8)22-17-13-11-12-16(14-17)18(15-21)23-25(9,10)20(4,5)6;24-16-3-1-2-13(9-16)17(25)11-21-19-23-22-18(26-19)14-4-5-15-10-20-7-6-12(15)8-14;1-19(16,17)12-15-14-11(18-12)9-2-3-10-7-13-5-4-8(10)6-9;9-5-8(11)6-2-1-3-7(10)4-6/h11-14,18H,15,21H2,1-10H3;1-10,17,24-25H,11H2,(H,21,23);2-7H,1H3;1-4,8,10-11H,5,9H2. The molecular weight excluding hydrogens is 1120 g/mol. The monoisotopic (exact) mass is 1190 g/mol. The van der Waals surface area contributed by atoms with Crippen molar-refractivity contribution in [3.8, 4) is 38.4 Å². The van der Waals surface area contributed by atoms with Crippen LogP contribution in [0.2, 0.25) is 36.3 Å². The zero-order chi connectivity index (χ0) is 59.3. The Hall–Kier alpha value is -6.58. The highest BCUT2D eigenvalue weighted by Crippen LogP contribution is 2.41. The fourth-order valence-corrected chi connectivity index (χ4v) is 11.9. The van der Waals surface area contributed by atoms with Crippen molar-refractivity contribution in [3.05, 3.63) is 163 Å². The summed E-state index contributed by atoms with van der Waals surface area (Å²) in [7, 11) is -7.03. The minimum Gasteiger partial charge on any atom is -0.543 e. The third-order valence-corrected chi connectivity index (χ3v) is 26.4. The fraction of sp³-hybridized carbons (Fsp3) is 0.322. The van der Waals surface area contributed by atoms with Gasteiger partial charge in [-0.1, -0.05) is 125 Å². The summed E-state index contributed by atoms with van der Waals surface area (Å²) >= 11 is 2.50. The maximum absolute atomic E-state index is 11.4. The van der Waals surface area contributed by atoms with Crippen molar-refractivity contribution in [3.63, 3.8) is 0 Å². The van der Waals surface area contributed by atoms with Gasteiger partial charge in [-0.25, -0.2) is 8.42 Å². The van der Waals surface area contributed by atoms with Crippen molar-refractivity contribution in [1.29, 1.82) is 0 Å². The van der Waals surface area contributed by atoms with Crippen molar-refractivity contribution in [1.82, 2.24) is 30.4 Å². The Morgan fingerprint density at radius 1 is 0.593 bits per heavy atom. The molecule has 4 aromatic heterocycles. The van der Waals surface area contributed by atoms with Crippen LogP contribution in [0.1, 0.15) is 76.5 Å². The van der Waals surface area contributed by atoms with Crippen LogP contribution in [0.15, 0.2) is 150 Å². The third kappa shape index (κ3) is 18.0. The molecule has 0 saturated carbocycles. The Labute approximate surface area is 485 Å². The molecule has 4 heterocycles. The van der Waals surface area contributed by atoms with Gasteiger partial charge in [-0.2, -0.15) is 0 Å². The zero-order valence-corrected chi connectivity index (χ0v) is 52.1. The van der Waals surface area contributed by atoms with Crippen molar-refractivity contribution < 1.29 is 37.7 Å². The lowest BCUT2D eigenvalue weighted by Gasteiger charge is -2.39. The number of sulfone groups is 1. The average Bonchev–Trinajstić information content (AvgIpc) is 4.20. The molecule has 0 amide bonds. The summed E-state index contributed by atoms with van der Waals surface area (Å²) in [5.74, 6) is 1.21. The summed E-state index contributed by atoms with van der Waals surface area (Å²) < 4.78 is 35.8. The first-order valence-corrected chi connectivity index (χ1v) is 35.5. The molecule has 17 nitrogen and oxygen atoms in total. The van der Waals surface area contributed by atoms with Gasteiger partial charge in [0.25, 0.3) is 0 Å². The van der Waals surface area contributed by atoms with E-state index in [0.717, 1.165) is 66.6 Å². The van der Waals surface area contributed by atoms with E-state index in [1.807, 2.05) is 54.7 Å². The molecule has 9 N–H and O–H groups in total. The number of hydrogen-bond acceptors (Lipinski definition) is 19. The normalized spacial score (nSPS) is 13.1.